The zero-order chi connectivity index (χ0) is 8.59. The quantitative estimate of drug-likeness (QED) is 0.702. The number of aromatic hydroxyl groups is 2. The van der Waals surface area contributed by atoms with Gasteiger partial charge in [-0.2, -0.15) is 0 Å². The highest BCUT2D eigenvalue weighted by molar-refractivity contribution is 14.1. The maximum Gasteiger partial charge on any atom is 0.217 e. The third kappa shape index (κ3) is 1.40. The molecule has 1 heterocycles. The van der Waals surface area contributed by atoms with Crippen LogP contribution in [0.1, 0.15) is 11.3 Å². The van der Waals surface area contributed by atoms with Crippen LogP contribution in [0.15, 0.2) is 0 Å². The fourth-order valence-corrected chi connectivity index (χ4v) is 1.26. The molecule has 1 rings (SSSR count). The molecule has 1 aromatic rings. The van der Waals surface area contributed by atoms with E-state index < -0.39 is 0 Å². The van der Waals surface area contributed by atoms with Crippen LogP contribution in [0.4, 0.5) is 0 Å². The Kier molecular flexibility index (Phi) is 2.22. The molecule has 60 valence electrons. The van der Waals surface area contributed by atoms with Crippen molar-refractivity contribution in [2.45, 2.75) is 13.8 Å². The van der Waals surface area contributed by atoms with E-state index in [2.05, 4.69) is 4.98 Å². The molecule has 0 amide bonds. The summed E-state index contributed by atoms with van der Waals surface area (Å²) < 4.78 is 0.693. The summed E-state index contributed by atoms with van der Waals surface area (Å²) in [6.45, 7) is 3.36. The van der Waals surface area contributed by atoms with Crippen LogP contribution in [0.2, 0.25) is 0 Å². The summed E-state index contributed by atoms with van der Waals surface area (Å²) in [4.78, 5) is 3.82. The van der Waals surface area contributed by atoms with Crippen molar-refractivity contribution in [3.8, 4) is 11.6 Å². The molecule has 0 unspecified atom stereocenters. The first kappa shape index (κ1) is 8.58. The van der Waals surface area contributed by atoms with E-state index in [-0.39, 0.29) is 11.6 Å². The molecule has 0 saturated heterocycles. The van der Waals surface area contributed by atoms with Crippen LogP contribution in [0.5, 0.6) is 11.6 Å². The third-order valence-corrected chi connectivity index (χ3v) is 2.78. The van der Waals surface area contributed by atoms with Crippen molar-refractivity contribution in [3.63, 3.8) is 0 Å². The lowest BCUT2D eigenvalue weighted by Crippen LogP contribution is -1.90. The van der Waals surface area contributed by atoms with Gasteiger partial charge in [-0.15, -0.1) is 0 Å². The minimum atomic E-state index is -0.0968. The number of aromatic nitrogens is 1. The molecule has 0 aromatic carbocycles. The van der Waals surface area contributed by atoms with Gasteiger partial charge in [0.25, 0.3) is 0 Å². The van der Waals surface area contributed by atoms with Gasteiger partial charge in [-0.3, -0.25) is 0 Å². The minimum Gasteiger partial charge on any atom is -0.506 e. The zero-order valence-electron chi connectivity index (χ0n) is 6.22. The van der Waals surface area contributed by atoms with Crippen molar-refractivity contribution in [2.75, 3.05) is 0 Å². The van der Waals surface area contributed by atoms with Crippen LogP contribution in [0.25, 0.3) is 0 Å². The first-order chi connectivity index (χ1) is 5.04. The van der Waals surface area contributed by atoms with Gasteiger partial charge in [0, 0.05) is 0 Å². The average molecular weight is 265 g/mol. The second-order valence-corrected chi connectivity index (χ2v) is 3.39. The van der Waals surface area contributed by atoms with E-state index in [0.717, 1.165) is 0 Å². The van der Waals surface area contributed by atoms with Crippen molar-refractivity contribution >= 4 is 22.6 Å². The van der Waals surface area contributed by atoms with Crippen LogP contribution >= 0.6 is 22.6 Å². The average Bonchev–Trinajstić information content (AvgIpc) is 1.97. The van der Waals surface area contributed by atoms with Gasteiger partial charge in [0.2, 0.25) is 5.88 Å². The van der Waals surface area contributed by atoms with E-state index >= 15 is 0 Å². The van der Waals surface area contributed by atoms with Gasteiger partial charge in [-0.05, 0) is 36.4 Å². The summed E-state index contributed by atoms with van der Waals surface area (Å²) in [6.07, 6.45) is 0. The zero-order valence-corrected chi connectivity index (χ0v) is 8.38. The molecule has 0 atom stereocenters. The van der Waals surface area contributed by atoms with Crippen LogP contribution in [-0.4, -0.2) is 15.2 Å². The van der Waals surface area contributed by atoms with Gasteiger partial charge in [0.05, 0.1) is 14.8 Å². The van der Waals surface area contributed by atoms with Crippen molar-refractivity contribution in [3.05, 3.63) is 14.8 Å². The summed E-state index contributed by atoms with van der Waals surface area (Å²) in [6, 6.07) is 0. The van der Waals surface area contributed by atoms with Gasteiger partial charge in [0.15, 0.2) is 0 Å². The lowest BCUT2D eigenvalue weighted by Gasteiger charge is -2.05. The molecular weight excluding hydrogens is 257 g/mol. The topological polar surface area (TPSA) is 53.4 Å². The van der Waals surface area contributed by atoms with E-state index in [9.17, 15) is 5.11 Å². The van der Waals surface area contributed by atoms with E-state index in [1.54, 1.807) is 13.8 Å². The Morgan fingerprint density at radius 3 is 2.36 bits per heavy atom. The monoisotopic (exact) mass is 265 g/mol. The number of halogens is 1. The Bertz CT molecular complexity index is 273. The first-order valence-electron chi connectivity index (χ1n) is 3.08. The van der Waals surface area contributed by atoms with Crippen molar-refractivity contribution in [1.29, 1.82) is 0 Å². The summed E-state index contributed by atoms with van der Waals surface area (Å²) in [5.41, 5.74) is 1.08. The maximum absolute atomic E-state index is 9.36. The Hall–Kier alpha value is -0.520. The fraction of sp³-hybridized carbons (Fsp3) is 0.286. The van der Waals surface area contributed by atoms with Gasteiger partial charge in [-0.25, -0.2) is 4.98 Å². The summed E-state index contributed by atoms with van der Waals surface area (Å²) in [5, 5.41) is 18.5. The SMILES string of the molecule is Cc1nc(O)c(C)c(O)c1I. The summed E-state index contributed by atoms with van der Waals surface area (Å²) in [5.74, 6) is 0.0241. The highest BCUT2D eigenvalue weighted by Crippen LogP contribution is 2.30. The molecule has 0 aliphatic rings. The molecule has 0 spiro atoms. The predicted octanol–water partition coefficient (Wildman–Crippen LogP) is 1.71. The lowest BCUT2D eigenvalue weighted by molar-refractivity contribution is 0.423. The summed E-state index contributed by atoms with van der Waals surface area (Å²) >= 11 is 1.99. The summed E-state index contributed by atoms with van der Waals surface area (Å²) in [7, 11) is 0. The normalized spacial score (nSPS) is 10.1. The maximum atomic E-state index is 9.36. The fourth-order valence-electron chi connectivity index (χ4n) is 0.734. The van der Waals surface area contributed by atoms with E-state index in [1.807, 2.05) is 22.6 Å². The Labute approximate surface area is 78.2 Å². The van der Waals surface area contributed by atoms with E-state index in [1.165, 1.54) is 0 Å². The van der Waals surface area contributed by atoms with Crippen LogP contribution < -0.4 is 0 Å². The van der Waals surface area contributed by atoms with E-state index in [4.69, 9.17) is 5.11 Å². The van der Waals surface area contributed by atoms with Gasteiger partial charge >= 0.3 is 0 Å². The molecule has 4 heteroatoms. The van der Waals surface area contributed by atoms with Crippen LogP contribution in [0, 0.1) is 17.4 Å². The molecule has 0 radical (unpaired) electrons. The number of pyridine rings is 1. The number of hydrogen-bond donors (Lipinski definition) is 2. The van der Waals surface area contributed by atoms with Gasteiger partial charge in [0.1, 0.15) is 5.75 Å². The largest absolute Gasteiger partial charge is 0.506 e. The first-order valence-corrected chi connectivity index (χ1v) is 4.16. The molecule has 1 aromatic heterocycles. The van der Waals surface area contributed by atoms with Crippen LogP contribution in [-0.2, 0) is 0 Å². The molecule has 0 saturated carbocycles. The minimum absolute atomic E-state index is 0.0968. The molecule has 0 aliphatic carbocycles. The highest BCUT2D eigenvalue weighted by atomic mass is 127. The number of nitrogens with zero attached hydrogens (tertiary/aromatic N) is 1. The second-order valence-electron chi connectivity index (χ2n) is 2.31. The molecule has 0 bridgehead atoms. The highest BCUT2D eigenvalue weighted by Gasteiger charge is 2.10. The molecule has 0 aliphatic heterocycles. The Balaban J connectivity index is 3.46. The molecular formula is C7H8INO2. The molecule has 0 fully saturated rings. The van der Waals surface area contributed by atoms with Crippen molar-refractivity contribution in [1.82, 2.24) is 4.98 Å². The van der Waals surface area contributed by atoms with Gasteiger partial charge in [-0.1, -0.05) is 0 Å². The molecule has 11 heavy (non-hydrogen) atoms. The predicted molar refractivity (Wildman–Crippen MR) is 49.8 cm³/mol. The van der Waals surface area contributed by atoms with Crippen molar-refractivity contribution < 1.29 is 10.2 Å². The van der Waals surface area contributed by atoms with E-state index in [0.29, 0.717) is 14.8 Å². The van der Waals surface area contributed by atoms with Crippen molar-refractivity contribution in [2.24, 2.45) is 0 Å². The van der Waals surface area contributed by atoms with Gasteiger partial charge < -0.3 is 10.2 Å². The number of aryl methyl sites for hydroxylation is 1. The third-order valence-electron chi connectivity index (χ3n) is 1.49. The second kappa shape index (κ2) is 2.84. The Morgan fingerprint density at radius 1 is 1.27 bits per heavy atom. The standard InChI is InChI=1S/C7H8INO2/c1-3-6(10)5(8)4(2)9-7(3)11/h1-2H3,(H2,9,10,11). The Morgan fingerprint density at radius 2 is 1.82 bits per heavy atom. The molecule has 2 N–H and O–H groups in total. The lowest BCUT2D eigenvalue weighted by atomic mass is 10.2. The smallest absolute Gasteiger partial charge is 0.217 e. The number of rotatable bonds is 0. The number of hydrogen-bond acceptors (Lipinski definition) is 3. The molecule has 3 nitrogen and oxygen atoms in total. The van der Waals surface area contributed by atoms with Crippen LogP contribution in [0.3, 0.4) is 0 Å².